The monoisotopic (exact) mass is 702 g/mol. The molecule has 0 saturated carbocycles. The highest BCUT2D eigenvalue weighted by Crippen LogP contribution is 2.47. The van der Waals surface area contributed by atoms with E-state index in [4.69, 9.17) is 22.6 Å². The van der Waals surface area contributed by atoms with Gasteiger partial charge in [0.25, 0.3) is 0 Å². The maximum atomic E-state index is 6.80. The van der Waals surface area contributed by atoms with Gasteiger partial charge in [0.1, 0.15) is 33.5 Å². The van der Waals surface area contributed by atoms with Gasteiger partial charge in [-0.2, -0.15) is 0 Å². The van der Waals surface area contributed by atoms with Crippen LogP contribution in [0.1, 0.15) is 27.7 Å². The van der Waals surface area contributed by atoms with E-state index in [-0.39, 0.29) is 0 Å². The van der Waals surface area contributed by atoms with E-state index in [9.17, 15) is 0 Å². The molecule has 0 bridgehead atoms. The van der Waals surface area contributed by atoms with E-state index in [1.54, 1.807) is 0 Å². The Morgan fingerprint density at radius 3 is 1.54 bits per heavy atom. The van der Waals surface area contributed by atoms with E-state index in [1.807, 2.05) is 36.4 Å². The lowest BCUT2D eigenvalue weighted by molar-refractivity contribution is 0.00578. The lowest BCUT2D eigenvalue weighted by atomic mass is 9.78. The van der Waals surface area contributed by atoms with Gasteiger partial charge in [0.05, 0.1) is 11.2 Å². The van der Waals surface area contributed by atoms with Crippen molar-refractivity contribution in [2.75, 3.05) is 0 Å². The summed E-state index contributed by atoms with van der Waals surface area (Å²) in [5.74, 6) is 0. The average Bonchev–Trinajstić information content (AvgIpc) is 3.93. The van der Waals surface area contributed by atoms with Crippen LogP contribution in [0.5, 0.6) is 0 Å². The molecule has 0 radical (unpaired) electrons. The second kappa shape index (κ2) is 11.2. The van der Waals surface area contributed by atoms with Gasteiger partial charge >= 0.3 is 7.12 Å². The second-order valence-electron chi connectivity index (χ2n) is 15.4. The van der Waals surface area contributed by atoms with Crippen molar-refractivity contribution in [3.8, 4) is 33.4 Å². The lowest BCUT2D eigenvalue weighted by Gasteiger charge is -2.32. The molecule has 0 aliphatic carbocycles. The zero-order chi connectivity index (χ0) is 36.3. The zero-order valence-corrected chi connectivity index (χ0v) is 30.4. The summed E-state index contributed by atoms with van der Waals surface area (Å²) in [6.07, 6.45) is 0. The lowest BCUT2D eigenvalue weighted by Crippen LogP contribution is -2.41. The molecule has 6 heteroatoms. The maximum Gasteiger partial charge on any atom is 0.494 e. The molecule has 5 nitrogen and oxygen atoms in total. The summed E-state index contributed by atoms with van der Waals surface area (Å²) in [7, 11) is -0.424. The molecule has 1 aliphatic heterocycles. The fraction of sp³-hybridized carbons (Fsp3) is 0.125. The molecule has 11 rings (SSSR count). The van der Waals surface area contributed by atoms with Crippen LogP contribution in [-0.4, -0.2) is 18.3 Å². The van der Waals surface area contributed by atoms with Crippen LogP contribution in [0, 0.1) is 0 Å². The Hall–Kier alpha value is -6.08. The molecule has 0 atom stereocenters. The summed E-state index contributed by atoms with van der Waals surface area (Å²) in [6.45, 7) is 8.31. The van der Waals surface area contributed by atoms with Crippen molar-refractivity contribution < 1.29 is 22.6 Å². The van der Waals surface area contributed by atoms with E-state index < -0.39 is 18.3 Å². The minimum atomic E-state index is -0.424. The number of benzene rings is 7. The smallest absolute Gasteiger partial charge is 0.456 e. The van der Waals surface area contributed by atoms with E-state index in [2.05, 4.69) is 131 Å². The summed E-state index contributed by atoms with van der Waals surface area (Å²) >= 11 is 0. The largest absolute Gasteiger partial charge is 0.494 e. The maximum absolute atomic E-state index is 6.80. The molecule has 7 aromatic carbocycles. The predicted octanol–water partition coefficient (Wildman–Crippen LogP) is 12.7. The van der Waals surface area contributed by atoms with Crippen molar-refractivity contribution in [2.45, 2.75) is 38.9 Å². The average molecular weight is 703 g/mol. The van der Waals surface area contributed by atoms with E-state index >= 15 is 0 Å². The van der Waals surface area contributed by atoms with Gasteiger partial charge in [0, 0.05) is 43.4 Å². The van der Waals surface area contributed by atoms with Gasteiger partial charge in [0.2, 0.25) is 0 Å². The van der Waals surface area contributed by atoms with Gasteiger partial charge in [-0.05, 0) is 97.9 Å². The van der Waals surface area contributed by atoms with Crippen LogP contribution in [0.15, 0.2) is 153 Å². The Bertz CT molecular complexity index is 3110. The van der Waals surface area contributed by atoms with Crippen molar-refractivity contribution >= 4 is 78.4 Å². The molecule has 0 spiro atoms. The third-order valence-corrected chi connectivity index (χ3v) is 11.8. The van der Waals surface area contributed by atoms with Gasteiger partial charge in [-0.15, -0.1) is 0 Å². The molecular formula is C48H35BO5. The van der Waals surface area contributed by atoms with Gasteiger partial charge in [-0.1, -0.05) is 97.1 Å². The van der Waals surface area contributed by atoms with Crippen LogP contribution >= 0.6 is 0 Å². The number of hydrogen-bond donors (Lipinski definition) is 0. The Balaban J connectivity index is 1.09. The topological polar surface area (TPSA) is 57.9 Å². The van der Waals surface area contributed by atoms with Gasteiger partial charge in [-0.3, -0.25) is 0 Å². The number of furan rings is 3. The zero-order valence-electron chi connectivity index (χ0n) is 30.4. The van der Waals surface area contributed by atoms with Crippen molar-refractivity contribution in [3.63, 3.8) is 0 Å². The van der Waals surface area contributed by atoms with Crippen molar-refractivity contribution in [2.24, 2.45) is 0 Å². The first-order valence-electron chi connectivity index (χ1n) is 18.5. The highest BCUT2D eigenvalue weighted by Gasteiger charge is 2.51. The fourth-order valence-electron chi connectivity index (χ4n) is 8.25. The molecule has 260 valence electrons. The molecule has 1 fully saturated rings. The van der Waals surface area contributed by atoms with Crippen molar-refractivity contribution in [1.82, 2.24) is 0 Å². The summed E-state index contributed by atoms with van der Waals surface area (Å²) in [4.78, 5) is 0. The first-order chi connectivity index (χ1) is 26.2. The first kappa shape index (κ1) is 31.5. The molecule has 0 amide bonds. The van der Waals surface area contributed by atoms with Gasteiger partial charge in [0.15, 0.2) is 0 Å². The Labute approximate surface area is 311 Å². The highest BCUT2D eigenvalue weighted by molar-refractivity contribution is 6.62. The number of rotatable bonds is 4. The first-order valence-corrected chi connectivity index (χ1v) is 18.5. The SMILES string of the molecule is CC1(C)OB(c2ccc(-c3ccc(-c4ccc(-c5ccc6c(c5)oc5ccccc56)c5c4oc4ccccc45)c4c3oc3ccccc34)cc2)OC1(C)C. The molecule has 1 aliphatic rings. The number of para-hydroxylation sites is 3. The third-order valence-electron chi connectivity index (χ3n) is 11.8. The van der Waals surface area contributed by atoms with Crippen LogP contribution < -0.4 is 5.46 Å². The molecule has 0 N–H and O–H groups in total. The molecule has 10 aromatic rings. The summed E-state index contributed by atoms with van der Waals surface area (Å²) in [6, 6.07) is 48.5. The standard InChI is InChI=1S/C48H35BO5/c1-47(2)48(3,4)54-49(53-47)30-20-17-28(18-21-30)32-24-25-35(44-38-13-7-10-16-41(38)51-45(32)44)36-26-23-31(43-37-12-6-9-15-40(37)52-46(36)43)29-19-22-34-33-11-5-8-14-39(33)50-42(34)27-29/h5-27H,1-4H3. The van der Waals surface area contributed by atoms with Gasteiger partial charge in [-0.25, -0.2) is 0 Å². The predicted molar refractivity (Wildman–Crippen MR) is 220 cm³/mol. The van der Waals surface area contributed by atoms with Crippen molar-refractivity contribution in [3.05, 3.63) is 140 Å². The molecular weight excluding hydrogens is 667 g/mol. The number of fused-ring (bicyclic) bond motifs is 9. The molecule has 3 aromatic heterocycles. The highest BCUT2D eigenvalue weighted by atomic mass is 16.7. The molecule has 4 heterocycles. The van der Waals surface area contributed by atoms with Crippen LogP contribution in [0.25, 0.3) is 99.2 Å². The van der Waals surface area contributed by atoms with Crippen LogP contribution in [-0.2, 0) is 9.31 Å². The fourth-order valence-corrected chi connectivity index (χ4v) is 8.25. The normalized spacial score (nSPS) is 15.5. The minimum Gasteiger partial charge on any atom is -0.456 e. The third kappa shape index (κ3) is 4.54. The number of hydrogen-bond acceptors (Lipinski definition) is 5. The minimum absolute atomic E-state index is 0.405. The summed E-state index contributed by atoms with van der Waals surface area (Å²) < 4.78 is 32.5. The van der Waals surface area contributed by atoms with E-state index in [1.165, 1.54) is 0 Å². The molecule has 1 saturated heterocycles. The summed E-state index contributed by atoms with van der Waals surface area (Å²) in [5, 5.41) is 6.48. The van der Waals surface area contributed by atoms with E-state index in [0.29, 0.717) is 0 Å². The Morgan fingerprint density at radius 2 is 0.870 bits per heavy atom. The quantitative estimate of drug-likeness (QED) is 0.171. The van der Waals surface area contributed by atoms with Crippen molar-refractivity contribution in [1.29, 1.82) is 0 Å². The summed E-state index contributed by atoms with van der Waals surface area (Å²) in [5.41, 5.74) is 11.6. The van der Waals surface area contributed by atoms with Crippen LogP contribution in [0.2, 0.25) is 0 Å². The van der Waals surface area contributed by atoms with E-state index in [0.717, 1.165) is 105 Å². The van der Waals surface area contributed by atoms with Gasteiger partial charge < -0.3 is 22.6 Å². The second-order valence-corrected chi connectivity index (χ2v) is 15.4. The van der Waals surface area contributed by atoms with Crippen LogP contribution in [0.4, 0.5) is 0 Å². The molecule has 54 heavy (non-hydrogen) atoms. The van der Waals surface area contributed by atoms with Crippen LogP contribution in [0.3, 0.4) is 0 Å². The Morgan fingerprint density at radius 1 is 0.389 bits per heavy atom. The molecule has 0 unspecified atom stereocenters. The Kier molecular flexibility index (Phi) is 6.53.